The van der Waals surface area contributed by atoms with Crippen LogP contribution in [-0.4, -0.2) is 36.8 Å². The Balaban J connectivity index is 1.83. The van der Waals surface area contributed by atoms with E-state index in [0.29, 0.717) is 19.0 Å². The van der Waals surface area contributed by atoms with E-state index in [4.69, 9.17) is 5.73 Å². The third-order valence-corrected chi connectivity index (χ3v) is 6.41. The van der Waals surface area contributed by atoms with Crippen LogP contribution in [0.15, 0.2) is 29.2 Å². The number of benzene rings is 1. The summed E-state index contributed by atoms with van der Waals surface area (Å²) in [5, 5.41) is 10.6. The minimum absolute atomic E-state index is 0.0760. The van der Waals surface area contributed by atoms with Crippen molar-refractivity contribution >= 4 is 15.7 Å². The highest BCUT2D eigenvalue weighted by Gasteiger charge is 2.45. The summed E-state index contributed by atoms with van der Waals surface area (Å²) in [7, 11) is -3.59. The van der Waals surface area contributed by atoms with Crippen molar-refractivity contribution in [1.82, 2.24) is 4.31 Å². The normalized spacial score (nSPS) is 29.5. The fraction of sp³-hybridized carbons (Fsp3) is 0.538. The van der Waals surface area contributed by atoms with Crippen molar-refractivity contribution in [3.63, 3.8) is 0 Å². The van der Waals surface area contributed by atoms with Gasteiger partial charge in [-0.25, -0.2) is 8.42 Å². The van der Waals surface area contributed by atoms with Gasteiger partial charge in [-0.3, -0.25) is 10.1 Å². The van der Waals surface area contributed by atoms with Gasteiger partial charge in [0.25, 0.3) is 5.69 Å². The van der Waals surface area contributed by atoms with Crippen LogP contribution in [0.25, 0.3) is 0 Å². The first kappa shape index (κ1) is 14.4. The summed E-state index contributed by atoms with van der Waals surface area (Å²) in [6.45, 7) is 0.947. The molecule has 3 atom stereocenters. The number of hydrogen-bond donors (Lipinski definition) is 1. The lowest BCUT2D eigenvalue weighted by molar-refractivity contribution is -0.384. The van der Waals surface area contributed by atoms with Gasteiger partial charge in [0, 0.05) is 31.3 Å². The first-order valence-electron chi connectivity index (χ1n) is 6.90. The van der Waals surface area contributed by atoms with Crippen molar-refractivity contribution in [2.24, 2.45) is 17.6 Å². The average Bonchev–Trinajstić information content (AvgIpc) is 3.02. The molecule has 1 saturated carbocycles. The average molecular weight is 311 g/mol. The Labute approximate surface area is 122 Å². The molecular weight excluding hydrogens is 294 g/mol. The van der Waals surface area contributed by atoms with Crippen LogP contribution in [-0.2, 0) is 10.0 Å². The van der Waals surface area contributed by atoms with Gasteiger partial charge in [-0.1, -0.05) is 0 Å². The second kappa shape index (κ2) is 5.04. The van der Waals surface area contributed by atoms with Crippen LogP contribution in [0.2, 0.25) is 0 Å². The number of nitro benzene ring substituents is 1. The van der Waals surface area contributed by atoms with Crippen molar-refractivity contribution < 1.29 is 13.3 Å². The fourth-order valence-electron chi connectivity index (χ4n) is 3.35. The molecule has 0 amide bonds. The molecule has 0 bridgehead atoms. The number of nitrogens with two attached hydrogens (primary N) is 1. The van der Waals surface area contributed by atoms with E-state index in [2.05, 4.69) is 0 Å². The third-order valence-electron chi connectivity index (χ3n) is 4.56. The van der Waals surface area contributed by atoms with Gasteiger partial charge in [-0.2, -0.15) is 4.31 Å². The summed E-state index contributed by atoms with van der Waals surface area (Å²) in [4.78, 5) is 10.2. The highest BCUT2D eigenvalue weighted by atomic mass is 32.2. The molecule has 8 heteroatoms. The third kappa shape index (κ3) is 2.43. The largest absolute Gasteiger partial charge is 0.327 e. The Bertz CT molecular complexity index is 658. The lowest BCUT2D eigenvalue weighted by atomic mass is 9.98. The van der Waals surface area contributed by atoms with Gasteiger partial charge in [-0.15, -0.1) is 0 Å². The fourth-order valence-corrected chi connectivity index (χ4v) is 4.89. The van der Waals surface area contributed by atoms with Crippen LogP contribution in [0.4, 0.5) is 5.69 Å². The molecule has 1 aromatic rings. The van der Waals surface area contributed by atoms with E-state index in [-0.39, 0.29) is 22.5 Å². The quantitative estimate of drug-likeness (QED) is 0.660. The minimum Gasteiger partial charge on any atom is -0.327 e. The van der Waals surface area contributed by atoms with Crippen LogP contribution < -0.4 is 5.73 Å². The molecule has 2 N–H and O–H groups in total. The molecule has 2 aliphatic rings. The predicted molar refractivity (Wildman–Crippen MR) is 76.0 cm³/mol. The van der Waals surface area contributed by atoms with E-state index in [1.165, 1.54) is 28.6 Å². The maximum atomic E-state index is 12.6. The minimum atomic E-state index is -3.59. The smallest absolute Gasteiger partial charge is 0.269 e. The topological polar surface area (TPSA) is 107 Å². The molecular formula is C13H17N3O4S. The van der Waals surface area contributed by atoms with Crippen LogP contribution in [0.5, 0.6) is 0 Å². The first-order chi connectivity index (χ1) is 9.89. The zero-order valence-electron chi connectivity index (χ0n) is 11.4. The van der Waals surface area contributed by atoms with Gasteiger partial charge < -0.3 is 5.73 Å². The Hall–Kier alpha value is -1.51. The SMILES string of the molecule is NC1CCC2CN(S(=O)(=O)c3ccc([N+](=O)[O-])cc3)CC12. The number of nitrogens with zero attached hydrogens (tertiary/aromatic N) is 2. The molecule has 0 aromatic heterocycles. The molecule has 114 valence electrons. The predicted octanol–water partition coefficient (Wildman–Crippen LogP) is 0.953. The summed E-state index contributed by atoms with van der Waals surface area (Å²) in [6.07, 6.45) is 1.93. The molecule has 0 radical (unpaired) electrons. The molecule has 7 nitrogen and oxygen atoms in total. The van der Waals surface area contributed by atoms with E-state index in [0.717, 1.165) is 12.8 Å². The molecule has 3 rings (SSSR count). The Kier molecular flexibility index (Phi) is 3.46. The highest BCUT2D eigenvalue weighted by Crippen LogP contribution is 2.39. The Morgan fingerprint density at radius 2 is 1.86 bits per heavy atom. The van der Waals surface area contributed by atoms with Gasteiger partial charge in [-0.05, 0) is 36.8 Å². The highest BCUT2D eigenvalue weighted by molar-refractivity contribution is 7.89. The summed E-state index contributed by atoms with van der Waals surface area (Å²) in [5.74, 6) is 0.575. The van der Waals surface area contributed by atoms with E-state index in [1.807, 2.05) is 0 Å². The van der Waals surface area contributed by atoms with E-state index in [1.54, 1.807) is 0 Å². The number of sulfonamides is 1. The molecule has 2 fully saturated rings. The van der Waals surface area contributed by atoms with Crippen LogP contribution in [0.1, 0.15) is 12.8 Å². The van der Waals surface area contributed by atoms with Crippen molar-refractivity contribution in [2.75, 3.05) is 13.1 Å². The van der Waals surface area contributed by atoms with Gasteiger partial charge in [0.2, 0.25) is 10.0 Å². The van der Waals surface area contributed by atoms with Gasteiger partial charge in [0.1, 0.15) is 0 Å². The maximum Gasteiger partial charge on any atom is 0.269 e. The molecule has 21 heavy (non-hydrogen) atoms. The summed E-state index contributed by atoms with van der Waals surface area (Å²) >= 11 is 0. The summed E-state index contributed by atoms with van der Waals surface area (Å²) < 4.78 is 26.6. The second-order valence-corrected chi connectivity index (χ2v) is 7.68. The standard InChI is InChI=1S/C13H17N3O4S/c14-13-6-1-9-7-15(8-12(9)13)21(19,20)11-4-2-10(3-5-11)16(17)18/h2-5,9,12-13H,1,6-8,14H2. The van der Waals surface area contributed by atoms with Crippen molar-refractivity contribution in [3.05, 3.63) is 34.4 Å². The lowest BCUT2D eigenvalue weighted by Crippen LogP contribution is -2.33. The Morgan fingerprint density at radius 3 is 2.43 bits per heavy atom. The second-order valence-electron chi connectivity index (χ2n) is 5.74. The van der Waals surface area contributed by atoms with E-state index >= 15 is 0 Å². The maximum absolute atomic E-state index is 12.6. The van der Waals surface area contributed by atoms with Crippen molar-refractivity contribution in [3.8, 4) is 0 Å². The van der Waals surface area contributed by atoms with E-state index in [9.17, 15) is 18.5 Å². The van der Waals surface area contributed by atoms with Crippen LogP contribution in [0.3, 0.4) is 0 Å². The molecule has 1 aromatic carbocycles. The number of rotatable bonds is 3. The molecule has 1 heterocycles. The molecule has 0 spiro atoms. The molecule has 3 unspecified atom stereocenters. The number of nitro groups is 1. The summed E-state index contributed by atoms with van der Waals surface area (Å²) in [6, 6.07) is 5.10. The number of fused-ring (bicyclic) bond motifs is 1. The molecule has 1 aliphatic carbocycles. The van der Waals surface area contributed by atoms with Gasteiger partial charge in [0.15, 0.2) is 0 Å². The summed E-state index contributed by atoms with van der Waals surface area (Å²) in [5.41, 5.74) is 5.90. The van der Waals surface area contributed by atoms with Crippen molar-refractivity contribution in [2.45, 2.75) is 23.8 Å². The monoisotopic (exact) mass is 311 g/mol. The van der Waals surface area contributed by atoms with Crippen molar-refractivity contribution in [1.29, 1.82) is 0 Å². The van der Waals surface area contributed by atoms with Crippen LogP contribution in [0, 0.1) is 22.0 Å². The number of non-ortho nitro benzene ring substituents is 1. The van der Waals surface area contributed by atoms with Crippen LogP contribution >= 0.6 is 0 Å². The lowest BCUT2D eigenvalue weighted by Gasteiger charge is -2.18. The van der Waals surface area contributed by atoms with Gasteiger partial charge in [0.05, 0.1) is 9.82 Å². The Morgan fingerprint density at radius 1 is 1.19 bits per heavy atom. The van der Waals surface area contributed by atoms with Gasteiger partial charge >= 0.3 is 0 Å². The zero-order valence-corrected chi connectivity index (χ0v) is 12.2. The molecule has 1 aliphatic heterocycles. The number of hydrogen-bond acceptors (Lipinski definition) is 5. The molecule has 1 saturated heterocycles. The first-order valence-corrected chi connectivity index (χ1v) is 8.34. The van der Waals surface area contributed by atoms with E-state index < -0.39 is 14.9 Å². The zero-order chi connectivity index (χ0) is 15.2.